The number of nitrogens with zero attached hydrogens (tertiary/aromatic N) is 3. The molecule has 0 bridgehead atoms. The van der Waals surface area contributed by atoms with Gasteiger partial charge in [-0.1, -0.05) is 19.9 Å². The molecule has 0 aromatic carbocycles. The Hall–Kier alpha value is -1.73. The zero-order valence-corrected chi connectivity index (χ0v) is 12.6. The number of fused-ring (bicyclic) bond motifs is 1. The SMILES string of the molecule is CC(C)C1=NN2C(=N)C(=Cc3cccs3)C(=O)N=C2S1. The van der Waals surface area contributed by atoms with E-state index in [0.29, 0.717) is 5.17 Å². The van der Waals surface area contributed by atoms with Gasteiger partial charge in [-0.3, -0.25) is 10.2 Å². The van der Waals surface area contributed by atoms with Gasteiger partial charge in [-0.25, -0.2) is 0 Å². The second-order valence-corrected chi connectivity index (χ2v) is 6.60. The summed E-state index contributed by atoms with van der Waals surface area (Å²) in [6, 6.07) is 3.81. The molecule has 0 unspecified atom stereocenters. The van der Waals surface area contributed by atoms with Crippen LogP contribution in [0.2, 0.25) is 0 Å². The van der Waals surface area contributed by atoms with E-state index in [1.165, 1.54) is 28.1 Å². The van der Waals surface area contributed by atoms with Crippen molar-refractivity contribution < 1.29 is 4.79 Å². The molecule has 0 saturated heterocycles. The molecule has 3 rings (SSSR count). The number of hydrogen-bond acceptors (Lipinski definition) is 5. The zero-order chi connectivity index (χ0) is 14.3. The van der Waals surface area contributed by atoms with E-state index in [1.807, 2.05) is 31.4 Å². The summed E-state index contributed by atoms with van der Waals surface area (Å²) < 4.78 is 0. The molecule has 5 nitrogen and oxygen atoms in total. The maximum absolute atomic E-state index is 12.1. The molecular formula is C13H12N4OS2. The molecule has 1 aromatic heterocycles. The number of hydrogen-bond donors (Lipinski definition) is 1. The van der Waals surface area contributed by atoms with Crippen LogP contribution in [0.1, 0.15) is 18.7 Å². The topological polar surface area (TPSA) is 68.9 Å². The minimum atomic E-state index is -0.373. The minimum absolute atomic E-state index is 0.0940. The number of amides is 1. The van der Waals surface area contributed by atoms with Crippen molar-refractivity contribution in [2.45, 2.75) is 13.8 Å². The number of carbonyl (C=O) groups excluding carboxylic acids is 1. The third kappa shape index (κ3) is 2.23. The smallest absolute Gasteiger partial charge is 0.282 e. The molecule has 0 atom stereocenters. The number of thioether (sulfide) groups is 1. The molecule has 1 N–H and O–H groups in total. The van der Waals surface area contributed by atoms with Crippen LogP contribution in [0.4, 0.5) is 0 Å². The third-order valence-electron chi connectivity index (χ3n) is 2.79. The normalized spacial score (nSPS) is 20.6. The van der Waals surface area contributed by atoms with E-state index >= 15 is 0 Å². The highest BCUT2D eigenvalue weighted by molar-refractivity contribution is 8.27. The average molecular weight is 304 g/mol. The van der Waals surface area contributed by atoms with Gasteiger partial charge in [-0.15, -0.1) is 11.3 Å². The fourth-order valence-electron chi connectivity index (χ4n) is 1.76. The lowest BCUT2D eigenvalue weighted by Gasteiger charge is -2.19. The van der Waals surface area contributed by atoms with Crippen LogP contribution in [0.15, 0.2) is 33.2 Å². The van der Waals surface area contributed by atoms with Crippen LogP contribution in [-0.2, 0) is 4.79 Å². The van der Waals surface area contributed by atoms with Crippen molar-refractivity contribution in [3.63, 3.8) is 0 Å². The van der Waals surface area contributed by atoms with Crippen LogP contribution >= 0.6 is 23.1 Å². The van der Waals surface area contributed by atoms with Crippen LogP contribution in [0, 0.1) is 11.3 Å². The fourth-order valence-corrected chi connectivity index (χ4v) is 3.31. The van der Waals surface area contributed by atoms with Gasteiger partial charge in [0.15, 0.2) is 5.84 Å². The number of amidine groups is 2. The zero-order valence-electron chi connectivity index (χ0n) is 11.0. The Kier molecular flexibility index (Phi) is 3.31. The van der Waals surface area contributed by atoms with Gasteiger partial charge in [0.2, 0.25) is 5.17 Å². The largest absolute Gasteiger partial charge is 0.283 e. The Balaban J connectivity index is 1.99. The van der Waals surface area contributed by atoms with E-state index in [4.69, 9.17) is 5.41 Å². The molecule has 0 aliphatic carbocycles. The highest BCUT2D eigenvalue weighted by Crippen LogP contribution is 2.30. The number of aliphatic imine (C=N–C) groups is 1. The van der Waals surface area contributed by atoms with Gasteiger partial charge in [0, 0.05) is 10.8 Å². The van der Waals surface area contributed by atoms with Gasteiger partial charge < -0.3 is 0 Å². The van der Waals surface area contributed by atoms with Gasteiger partial charge >= 0.3 is 0 Å². The fraction of sp³-hybridized carbons (Fsp3) is 0.231. The van der Waals surface area contributed by atoms with Gasteiger partial charge in [0.25, 0.3) is 5.91 Å². The quantitative estimate of drug-likeness (QED) is 0.854. The summed E-state index contributed by atoms with van der Waals surface area (Å²) in [5.74, 6) is -0.0279. The van der Waals surface area contributed by atoms with E-state index in [0.717, 1.165) is 9.92 Å². The molecule has 1 amide bonds. The lowest BCUT2D eigenvalue weighted by Crippen LogP contribution is -2.35. The van der Waals surface area contributed by atoms with Crippen molar-refractivity contribution in [2.75, 3.05) is 0 Å². The Labute approximate surface area is 124 Å². The van der Waals surface area contributed by atoms with Crippen molar-refractivity contribution in [1.82, 2.24) is 5.01 Å². The second-order valence-electron chi connectivity index (χ2n) is 4.63. The van der Waals surface area contributed by atoms with Crippen molar-refractivity contribution >= 4 is 51.1 Å². The summed E-state index contributed by atoms with van der Waals surface area (Å²) >= 11 is 2.88. The number of hydrazone groups is 1. The van der Waals surface area contributed by atoms with E-state index in [-0.39, 0.29) is 23.2 Å². The number of nitrogens with one attached hydrogen (secondary N) is 1. The number of thiophene rings is 1. The first-order chi connectivity index (χ1) is 9.56. The van der Waals surface area contributed by atoms with Crippen LogP contribution in [0.5, 0.6) is 0 Å². The Bertz CT molecular complexity index is 671. The molecular weight excluding hydrogens is 292 g/mol. The molecule has 0 spiro atoms. The van der Waals surface area contributed by atoms with Gasteiger partial charge in [-0.05, 0) is 29.3 Å². The van der Waals surface area contributed by atoms with Gasteiger partial charge in [0.1, 0.15) is 5.04 Å². The summed E-state index contributed by atoms with van der Waals surface area (Å²) in [6.45, 7) is 4.05. The third-order valence-corrected chi connectivity index (χ3v) is 4.82. The standard InChI is InChI=1S/C13H12N4OS2/c1-7(2)12-16-17-10(14)9(6-8-4-3-5-19-8)11(18)15-13(17)20-12/h3-7,14H,1-2H3. The second kappa shape index (κ2) is 4.99. The van der Waals surface area contributed by atoms with Crippen molar-refractivity contribution in [1.29, 1.82) is 5.41 Å². The highest BCUT2D eigenvalue weighted by Gasteiger charge is 2.36. The first kappa shape index (κ1) is 13.3. The van der Waals surface area contributed by atoms with Gasteiger partial charge in [-0.2, -0.15) is 15.1 Å². The minimum Gasteiger partial charge on any atom is -0.282 e. The maximum Gasteiger partial charge on any atom is 0.283 e. The summed E-state index contributed by atoms with van der Waals surface area (Å²) in [6.07, 6.45) is 1.70. The predicted molar refractivity (Wildman–Crippen MR) is 84.2 cm³/mol. The van der Waals surface area contributed by atoms with Crippen molar-refractivity contribution in [3.05, 3.63) is 28.0 Å². The molecule has 2 aliphatic heterocycles. The van der Waals surface area contributed by atoms with Crippen LogP contribution in [-0.4, -0.2) is 27.0 Å². The first-order valence-electron chi connectivity index (χ1n) is 6.10. The molecule has 0 radical (unpaired) electrons. The summed E-state index contributed by atoms with van der Waals surface area (Å²) in [5.41, 5.74) is 0.283. The van der Waals surface area contributed by atoms with Crippen LogP contribution in [0.3, 0.4) is 0 Å². The molecule has 0 fully saturated rings. The van der Waals surface area contributed by atoms with Crippen molar-refractivity contribution in [2.24, 2.45) is 16.0 Å². The average Bonchev–Trinajstić information content (AvgIpc) is 3.03. The number of rotatable bonds is 2. The van der Waals surface area contributed by atoms with Crippen LogP contribution in [0.25, 0.3) is 6.08 Å². The Morgan fingerprint density at radius 1 is 1.45 bits per heavy atom. The number of carbonyl (C=O) groups is 1. The molecule has 0 saturated carbocycles. The molecule has 3 heterocycles. The summed E-state index contributed by atoms with van der Waals surface area (Å²) in [4.78, 5) is 17.0. The Morgan fingerprint density at radius 3 is 2.90 bits per heavy atom. The summed E-state index contributed by atoms with van der Waals surface area (Å²) in [5, 5.41) is 17.3. The Morgan fingerprint density at radius 2 is 2.25 bits per heavy atom. The molecule has 7 heteroatoms. The molecule has 102 valence electrons. The first-order valence-corrected chi connectivity index (χ1v) is 7.79. The van der Waals surface area contributed by atoms with E-state index in [2.05, 4.69) is 10.1 Å². The molecule has 20 heavy (non-hydrogen) atoms. The van der Waals surface area contributed by atoms with E-state index in [9.17, 15) is 4.79 Å². The maximum atomic E-state index is 12.1. The van der Waals surface area contributed by atoms with Crippen LogP contribution < -0.4 is 0 Å². The molecule has 1 aromatic rings. The monoisotopic (exact) mass is 304 g/mol. The van der Waals surface area contributed by atoms with E-state index < -0.39 is 0 Å². The highest BCUT2D eigenvalue weighted by atomic mass is 32.2. The predicted octanol–water partition coefficient (Wildman–Crippen LogP) is 3.02. The molecule has 2 aliphatic rings. The summed E-state index contributed by atoms with van der Waals surface area (Å²) in [7, 11) is 0. The lowest BCUT2D eigenvalue weighted by atomic mass is 10.1. The van der Waals surface area contributed by atoms with E-state index in [1.54, 1.807) is 6.08 Å². The van der Waals surface area contributed by atoms with Crippen molar-refractivity contribution in [3.8, 4) is 0 Å². The lowest BCUT2D eigenvalue weighted by molar-refractivity contribution is -0.114. The van der Waals surface area contributed by atoms with Gasteiger partial charge in [0.05, 0.1) is 5.57 Å².